The van der Waals surface area contributed by atoms with Crippen molar-refractivity contribution in [1.29, 1.82) is 0 Å². The molecule has 0 saturated carbocycles. The molecule has 0 aliphatic carbocycles. The number of nitrogens with one attached hydrogen (secondary N) is 2. The Morgan fingerprint density at radius 3 is 1.11 bits per heavy atom. The summed E-state index contributed by atoms with van der Waals surface area (Å²) in [7, 11) is -2.20. The number of piperidine rings is 6. The second kappa shape index (κ2) is 37.8. The van der Waals surface area contributed by atoms with Crippen LogP contribution < -0.4 is 32.3 Å². The lowest BCUT2D eigenvalue weighted by molar-refractivity contribution is -0.256. The van der Waals surface area contributed by atoms with Gasteiger partial charge in [-0.15, -0.1) is 0 Å². The van der Waals surface area contributed by atoms with E-state index < -0.39 is 52.0 Å². The number of carboxylic acid groups (broad SMARTS) is 1. The van der Waals surface area contributed by atoms with Gasteiger partial charge in [-0.25, -0.2) is 9.79 Å². The van der Waals surface area contributed by atoms with E-state index in [9.17, 15) is 60.0 Å². The van der Waals surface area contributed by atoms with Gasteiger partial charge in [-0.3, -0.25) is 28.9 Å². The van der Waals surface area contributed by atoms with Gasteiger partial charge in [0.1, 0.15) is 34.8 Å². The summed E-state index contributed by atoms with van der Waals surface area (Å²) in [6.45, 7) is 49.1. The Morgan fingerprint density at radius 2 is 0.778 bits per heavy atom. The van der Waals surface area contributed by atoms with Crippen LogP contribution in [-0.2, 0) is 28.7 Å². The number of carbonyl (C=O) groups excluding carboxylic acids is 5. The number of benzene rings is 4. The summed E-state index contributed by atoms with van der Waals surface area (Å²) in [5.41, 5.74) is 0.428. The second-order valence-electron chi connectivity index (χ2n) is 40.8. The zero-order valence-electron chi connectivity index (χ0n) is 74.5. The number of carboxylic acids is 1. The SMILES string of the molecule is CC(=O)NC1CC(C)(C)N(O)C(C)(C)C1.CC1(C)CC(CNC(=O)C[P+](c2ccccc2)(c2ccccc2)c2ccccc2)CC(C)(C)N1O.CC1(C)CC(N)(C(=O)O)CC(C)(C)N1O.CC1(C)CC(N2C(=O)C=CC2=O)CC(C)(C)N1O.CC1(C)CC(N=C=S)CC(C)(C)N1O.CC1(C)CC(OC(=O)c2ccccc2)CC(C)(C)N1O. The second-order valence-corrected chi connectivity index (χ2v) is 44.5. The number of hydrogen-bond donors (Lipinski definition) is 10. The van der Waals surface area contributed by atoms with E-state index in [1.165, 1.54) is 70.3 Å². The van der Waals surface area contributed by atoms with Crippen LogP contribution in [0.4, 0.5) is 0 Å². The zero-order valence-corrected chi connectivity index (χ0v) is 76.2. The fraction of sp³-hybridized carbons (Fsp3) is 0.633. The van der Waals surface area contributed by atoms with Gasteiger partial charge in [0.05, 0.1) is 16.8 Å². The average Bonchev–Trinajstić information content (AvgIpc) is 1.36. The number of amides is 4. The summed E-state index contributed by atoms with van der Waals surface area (Å²) >= 11 is 4.62. The van der Waals surface area contributed by atoms with Gasteiger partial charge in [0.25, 0.3) is 17.7 Å². The minimum atomic E-state index is -2.20. The molecule has 0 bridgehead atoms. The summed E-state index contributed by atoms with van der Waals surface area (Å²) in [6.07, 6.45) is 10.6. The quantitative estimate of drug-likeness (QED) is 0.0195. The van der Waals surface area contributed by atoms with Gasteiger partial charge in [-0.1, -0.05) is 72.8 Å². The normalized spacial score (nSPS) is 23.9. The van der Waals surface area contributed by atoms with Crippen LogP contribution in [0.5, 0.6) is 0 Å². The zero-order chi connectivity index (χ0) is 88.7. The van der Waals surface area contributed by atoms with E-state index in [4.69, 9.17) is 15.6 Å². The Bertz CT molecular complexity index is 3890. The minimum absolute atomic E-state index is 0.00186. The molecule has 117 heavy (non-hydrogen) atoms. The number of rotatable bonds is 13. The van der Waals surface area contributed by atoms with Crippen LogP contribution in [0.15, 0.2) is 138 Å². The largest absolute Gasteiger partial charge is 0.480 e. The molecule has 7 aliphatic rings. The van der Waals surface area contributed by atoms with Crippen LogP contribution in [0, 0.1) is 5.92 Å². The number of imide groups is 1. The van der Waals surface area contributed by atoms with Gasteiger partial charge in [0.2, 0.25) is 5.91 Å². The van der Waals surface area contributed by atoms with Crippen molar-refractivity contribution in [1.82, 2.24) is 45.9 Å². The number of nitrogens with two attached hydrogens (primary N) is 1. The molecule has 4 aromatic rings. The van der Waals surface area contributed by atoms with Crippen molar-refractivity contribution in [2.24, 2.45) is 16.6 Å². The highest BCUT2D eigenvalue weighted by molar-refractivity contribution is 7.96. The highest BCUT2D eigenvalue weighted by atomic mass is 32.1. The first-order valence-electron chi connectivity index (χ1n) is 40.9. The van der Waals surface area contributed by atoms with Crippen LogP contribution in [0.25, 0.3) is 0 Å². The van der Waals surface area contributed by atoms with E-state index in [1.807, 2.05) is 147 Å². The van der Waals surface area contributed by atoms with Crippen molar-refractivity contribution in [2.75, 3.05) is 12.7 Å². The average molecular weight is 1660 g/mol. The first-order valence-corrected chi connectivity index (χ1v) is 43.3. The van der Waals surface area contributed by atoms with Gasteiger partial charge in [-0.2, -0.15) is 30.4 Å². The van der Waals surface area contributed by atoms with Crippen LogP contribution in [-0.4, -0.2) is 221 Å². The van der Waals surface area contributed by atoms with Crippen LogP contribution in [0.2, 0.25) is 0 Å². The molecular weight excluding hydrogens is 1520 g/mol. The van der Waals surface area contributed by atoms with Crippen LogP contribution in [0.3, 0.4) is 0 Å². The van der Waals surface area contributed by atoms with E-state index in [0.29, 0.717) is 49.9 Å². The summed E-state index contributed by atoms with van der Waals surface area (Å²) in [4.78, 5) is 76.9. The monoisotopic (exact) mass is 1660 g/mol. The van der Waals surface area contributed by atoms with Crippen molar-refractivity contribution < 1.29 is 69.9 Å². The Hall–Kier alpha value is -6.65. The molecule has 11 rings (SSSR count). The summed E-state index contributed by atoms with van der Waals surface area (Å²) in [5.74, 6) is -1.41. The molecule has 0 spiro atoms. The van der Waals surface area contributed by atoms with E-state index in [-0.39, 0.29) is 99.9 Å². The number of aliphatic carboxylic acids is 1. The predicted octanol–water partition coefficient (Wildman–Crippen LogP) is 14.2. The maximum Gasteiger partial charge on any atom is 0.338 e. The third kappa shape index (κ3) is 24.8. The Balaban J connectivity index is 0.000000227. The standard InChI is InChI=1S/C30H37N2O2P.C16H23NO3.C13H20N2O3.C11H22N2O2.C10H20N2O3.C10H18N2OS/c1-29(2)20-24(21-30(3,4)32(29)34)22-31-28(33)23-35(25-14-8-5-9-15-25,26-16-10-6-11-17-26)27-18-12-7-13-19-27;1-15(2)10-13(11-16(3,4)17(15)19)20-14(18)12-8-6-5-7-9-12;1-12(2)7-9(8-13(3,4)15(12)18)14-10(16)5-6-11(14)17;1-8(14)12-9-6-10(2,3)13(15)11(4,5)7-9;1-8(2)5-10(11,7(13)14)6-9(3,4)12(8)15;1-9(2)5-8(11-7-14)6-10(3,4)12(9)13/h5-19,24,34H,20-23H2,1-4H3;5-9,13,19H,10-11H2,1-4H3;5-6,9,18H,7-8H2,1-4H3;9,15H,6-7H2,1-5H3,(H,12,14);15H,5-6,11H2,1-4H3,(H,13,14);8,13H,5-6H2,1-4H3/p+1. The molecule has 650 valence electrons. The molecule has 0 aromatic heterocycles. The molecule has 6 saturated heterocycles. The number of nitrogens with zero attached hydrogens (tertiary/aromatic N) is 8. The highest BCUT2D eigenvalue weighted by Gasteiger charge is 2.56. The summed E-state index contributed by atoms with van der Waals surface area (Å²) < 4.78 is 5.62. The number of isothiocyanates is 1. The summed E-state index contributed by atoms with van der Waals surface area (Å²) in [5, 5.41) is 90.8. The molecule has 6 fully saturated rings. The third-order valence-corrected chi connectivity index (χ3v) is 28.4. The molecule has 11 N–H and O–H groups in total. The summed E-state index contributed by atoms with van der Waals surface area (Å²) in [6, 6.07) is 40.7. The Morgan fingerprint density at radius 1 is 0.470 bits per heavy atom. The molecular formula is C90H141N11O14PS+. The molecule has 4 aromatic carbocycles. The lowest BCUT2D eigenvalue weighted by Gasteiger charge is -2.53. The van der Waals surface area contributed by atoms with E-state index in [0.717, 1.165) is 38.5 Å². The maximum atomic E-state index is 13.7. The topological polar surface area (TPSA) is 338 Å². The number of hydrogen-bond acceptors (Lipinski definition) is 22. The van der Waals surface area contributed by atoms with Crippen molar-refractivity contribution in [3.8, 4) is 0 Å². The first kappa shape index (κ1) is 99.2. The highest BCUT2D eigenvalue weighted by Crippen LogP contribution is 2.55. The number of esters is 1. The molecule has 25 nitrogen and oxygen atoms in total. The first-order chi connectivity index (χ1) is 53.5. The van der Waals surface area contributed by atoms with Gasteiger partial charge in [-0.05, 0) is 297 Å². The number of carbonyl (C=O) groups is 6. The van der Waals surface area contributed by atoms with Crippen LogP contribution in [0.1, 0.15) is 261 Å². The van der Waals surface area contributed by atoms with Gasteiger partial charge >= 0.3 is 11.9 Å². The van der Waals surface area contributed by atoms with Crippen molar-refractivity contribution in [2.45, 2.75) is 346 Å². The van der Waals surface area contributed by atoms with Gasteiger partial charge in [0, 0.05) is 117 Å². The number of thiocarbonyl (C=S) groups is 1. The minimum Gasteiger partial charge on any atom is -0.480 e. The number of aliphatic imine (C=N–C) groups is 1. The fourth-order valence-electron chi connectivity index (χ4n) is 19.9. The number of hydroxylamine groups is 12. The molecule has 27 heteroatoms. The van der Waals surface area contributed by atoms with Crippen molar-refractivity contribution in [3.63, 3.8) is 0 Å². The smallest absolute Gasteiger partial charge is 0.338 e. The van der Waals surface area contributed by atoms with E-state index >= 15 is 0 Å². The molecule has 4 amide bonds. The van der Waals surface area contributed by atoms with Crippen molar-refractivity contribution in [3.05, 3.63) is 139 Å². The Kier molecular flexibility index (Phi) is 32.0. The molecule has 7 aliphatic heterocycles. The Labute approximate surface area is 702 Å². The molecule has 0 unspecified atom stereocenters. The van der Waals surface area contributed by atoms with E-state index in [2.05, 4.69) is 133 Å². The predicted molar refractivity (Wildman–Crippen MR) is 464 cm³/mol. The fourth-order valence-corrected chi connectivity index (χ4v) is 24.1. The van der Waals surface area contributed by atoms with E-state index in [1.54, 1.807) is 39.8 Å². The third-order valence-electron chi connectivity index (χ3n) is 24.0. The van der Waals surface area contributed by atoms with Gasteiger partial charge in [0.15, 0.2) is 6.16 Å². The lowest BCUT2D eigenvalue weighted by Crippen LogP contribution is -2.69. The van der Waals surface area contributed by atoms with Crippen LogP contribution >= 0.6 is 19.5 Å². The molecule has 0 atom stereocenters. The van der Waals surface area contributed by atoms with Crippen molar-refractivity contribution >= 4 is 76.1 Å². The molecule has 0 radical (unpaired) electrons. The molecule has 7 heterocycles. The van der Waals surface area contributed by atoms with Gasteiger partial charge < -0.3 is 57.5 Å². The maximum absolute atomic E-state index is 13.7. The lowest BCUT2D eigenvalue weighted by atomic mass is 9.71. The number of ether oxygens (including phenoxy) is 1.